The fraction of sp³-hybridized carbons (Fsp3) is 0.724. The smallest absolute Gasteiger partial charge is 0.0577 e. The van der Waals surface area contributed by atoms with E-state index < -0.39 is 0 Å². The molecule has 0 heterocycles. The van der Waals surface area contributed by atoms with Gasteiger partial charge in [-0.15, -0.1) is 0 Å². The van der Waals surface area contributed by atoms with Gasteiger partial charge >= 0.3 is 0 Å². The summed E-state index contributed by atoms with van der Waals surface area (Å²) in [5.41, 5.74) is 5.58. The largest absolute Gasteiger partial charge is 0.393 e. The summed E-state index contributed by atoms with van der Waals surface area (Å²) in [5.74, 6) is 3.63. The molecular weight excluding hydrogens is 364 g/mol. The Hall–Kier alpha value is -1.08. The molecule has 7 atom stereocenters. The average Bonchev–Trinajstić information content (AvgIpc) is 3.06. The number of aliphatic hydroxyl groups excluding tert-OH is 1. The van der Waals surface area contributed by atoms with Crippen molar-refractivity contribution in [2.45, 2.75) is 97.5 Å². The molecule has 4 aliphatic rings. The van der Waals surface area contributed by atoms with Crippen LogP contribution >= 0.6 is 0 Å². The van der Waals surface area contributed by atoms with Gasteiger partial charge in [0.05, 0.1) is 6.10 Å². The van der Waals surface area contributed by atoms with Gasteiger partial charge in [0.2, 0.25) is 0 Å². The predicted molar refractivity (Wildman–Crippen MR) is 125 cm³/mol. The van der Waals surface area contributed by atoms with Crippen molar-refractivity contribution in [2.75, 3.05) is 0 Å². The standard InChI is InChI=1S/C29H42O/c1-20-7-4-5-8-21(20)9-6-10-22-12-14-26-25-13-11-23-19-24(30)15-17-29(23,3)27(25)16-18-28(22,26)2/h4-5,7-8,11,22,24-27,30H,6,9-10,12-19H2,1-3H3/t22-,24-,25-,26-,27-,28+,29-/m0/s1. The van der Waals surface area contributed by atoms with Crippen LogP contribution in [0.3, 0.4) is 0 Å². The molecule has 0 aromatic heterocycles. The Morgan fingerprint density at radius 3 is 2.67 bits per heavy atom. The van der Waals surface area contributed by atoms with Crippen LogP contribution in [-0.4, -0.2) is 11.2 Å². The van der Waals surface area contributed by atoms with Crippen LogP contribution in [-0.2, 0) is 6.42 Å². The summed E-state index contributed by atoms with van der Waals surface area (Å²) in [4.78, 5) is 0. The minimum absolute atomic E-state index is 0.0844. The molecule has 0 saturated heterocycles. The first kappa shape index (κ1) is 20.8. The molecule has 3 saturated carbocycles. The number of rotatable bonds is 4. The third-order valence-electron chi connectivity index (χ3n) is 10.5. The van der Waals surface area contributed by atoms with E-state index in [0.29, 0.717) is 10.8 Å². The van der Waals surface area contributed by atoms with Gasteiger partial charge in [-0.3, -0.25) is 0 Å². The van der Waals surface area contributed by atoms with Gasteiger partial charge in [0.1, 0.15) is 0 Å². The molecule has 5 rings (SSSR count). The number of hydrogen-bond donors (Lipinski definition) is 1. The van der Waals surface area contributed by atoms with E-state index in [4.69, 9.17) is 0 Å². The first-order valence-electron chi connectivity index (χ1n) is 12.8. The van der Waals surface area contributed by atoms with Crippen molar-refractivity contribution >= 4 is 0 Å². The third kappa shape index (κ3) is 3.31. The summed E-state index contributed by atoms with van der Waals surface area (Å²) >= 11 is 0. The van der Waals surface area contributed by atoms with Gasteiger partial charge in [-0.25, -0.2) is 0 Å². The summed E-state index contributed by atoms with van der Waals surface area (Å²) in [7, 11) is 0. The van der Waals surface area contributed by atoms with E-state index >= 15 is 0 Å². The first-order chi connectivity index (χ1) is 14.4. The minimum Gasteiger partial charge on any atom is -0.393 e. The fourth-order valence-corrected chi connectivity index (χ4v) is 8.65. The van der Waals surface area contributed by atoms with Crippen molar-refractivity contribution < 1.29 is 5.11 Å². The SMILES string of the molecule is Cc1ccccc1CCC[C@H]1CC[C@H]2[C@@H]3CC=C4C[C@@H](O)CC[C@]4(C)[C@H]3CC[C@]12C. The molecule has 0 aliphatic heterocycles. The zero-order valence-electron chi connectivity index (χ0n) is 19.5. The van der Waals surface area contributed by atoms with Gasteiger partial charge in [-0.2, -0.15) is 0 Å². The summed E-state index contributed by atoms with van der Waals surface area (Å²) in [6.07, 6.45) is 16.8. The Balaban J connectivity index is 1.28. The van der Waals surface area contributed by atoms with E-state index in [1.165, 1.54) is 63.4 Å². The molecule has 1 aromatic rings. The first-order valence-corrected chi connectivity index (χ1v) is 12.8. The van der Waals surface area contributed by atoms with Crippen molar-refractivity contribution in [3.8, 4) is 0 Å². The average molecular weight is 407 g/mol. The summed E-state index contributed by atoms with van der Waals surface area (Å²) in [6.45, 7) is 7.49. The Kier molecular flexibility index (Phi) is 5.41. The van der Waals surface area contributed by atoms with Crippen molar-refractivity contribution in [3.05, 3.63) is 47.0 Å². The second-order valence-corrected chi connectivity index (χ2v) is 11.8. The minimum atomic E-state index is -0.0844. The van der Waals surface area contributed by atoms with Crippen molar-refractivity contribution in [1.29, 1.82) is 0 Å². The second-order valence-electron chi connectivity index (χ2n) is 11.8. The summed E-state index contributed by atoms with van der Waals surface area (Å²) in [6, 6.07) is 8.95. The predicted octanol–water partition coefficient (Wildman–Crippen LogP) is 7.26. The molecule has 1 aromatic carbocycles. The van der Waals surface area contributed by atoms with Crippen LogP contribution in [0.15, 0.2) is 35.9 Å². The van der Waals surface area contributed by atoms with Crippen LogP contribution in [0.4, 0.5) is 0 Å². The lowest BCUT2D eigenvalue weighted by atomic mass is 9.47. The van der Waals surface area contributed by atoms with E-state index in [2.05, 4.69) is 51.1 Å². The van der Waals surface area contributed by atoms with Crippen molar-refractivity contribution in [2.24, 2.45) is 34.5 Å². The van der Waals surface area contributed by atoms with Gasteiger partial charge in [-0.05, 0) is 123 Å². The van der Waals surface area contributed by atoms with Gasteiger partial charge in [0.25, 0.3) is 0 Å². The highest BCUT2D eigenvalue weighted by atomic mass is 16.3. The van der Waals surface area contributed by atoms with Crippen LogP contribution in [0.2, 0.25) is 0 Å². The van der Waals surface area contributed by atoms with E-state index in [1.54, 1.807) is 11.1 Å². The van der Waals surface area contributed by atoms with Crippen molar-refractivity contribution in [1.82, 2.24) is 0 Å². The Bertz CT molecular complexity index is 808. The lowest BCUT2D eigenvalue weighted by Crippen LogP contribution is -2.50. The molecule has 0 radical (unpaired) electrons. The third-order valence-corrected chi connectivity index (χ3v) is 10.5. The van der Waals surface area contributed by atoms with Crippen LogP contribution in [0.25, 0.3) is 0 Å². The van der Waals surface area contributed by atoms with Crippen LogP contribution in [0.1, 0.15) is 89.2 Å². The molecule has 0 spiro atoms. The van der Waals surface area contributed by atoms with Crippen LogP contribution in [0.5, 0.6) is 0 Å². The summed E-state index contributed by atoms with van der Waals surface area (Å²) < 4.78 is 0. The van der Waals surface area contributed by atoms with E-state index in [9.17, 15) is 5.11 Å². The van der Waals surface area contributed by atoms with E-state index in [1.807, 2.05) is 0 Å². The molecular formula is C29H42O. The van der Waals surface area contributed by atoms with Gasteiger partial charge in [0.15, 0.2) is 0 Å². The normalized spacial score (nSPS) is 42.8. The number of aryl methyl sites for hydroxylation is 2. The molecule has 164 valence electrons. The van der Waals surface area contributed by atoms with E-state index in [-0.39, 0.29) is 6.10 Å². The fourth-order valence-electron chi connectivity index (χ4n) is 8.65. The second kappa shape index (κ2) is 7.80. The highest BCUT2D eigenvalue weighted by molar-refractivity contribution is 5.26. The maximum absolute atomic E-state index is 10.2. The molecule has 30 heavy (non-hydrogen) atoms. The lowest BCUT2D eigenvalue weighted by Gasteiger charge is -2.58. The zero-order chi connectivity index (χ0) is 20.9. The number of aliphatic hydroxyl groups is 1. The molecule has 1 N–H and O–H groups in total. The number of benzene rings is 1. The van der Waals surface area contributed by atoms with Gasteiger partial charge < -0.3 is 5.11 Å². The van der Waals surface area contributed by atoms with Crippen molar-refractivity contribution in [3.63, 3.8) is 0 Å². The maximum Gasteiger partial charge on any atom is 0.0577 e. The molecule has 0 amide bonds. The highest BCUT2D eigenvalue weighted by Gasteiger charge is 2.58. The van der Waals surface area contributed by atoms with Gasteiger partial charge in [-0.1, -0.05) is 49.8 Å². The molecule has 0 unspecified atom stereocenters. The molecule has 3 fully saturated rings. The van der Waals surface area contributed by atoms with Crippen LogP contribution in [0, 0.1) is 41.4 Å². The Morgan fingerprint density at radius 1 is 1.00 bits per heavy atom. The Morgan fingerprint density at radius 2 is 1.83 bits per heavy atom. The quantitative estimate of drug-likeness (QED) is 0.522. The van der Waals surface area contributed by atoms with Gasteiger partial charge in [0, 0.05) is 0 Å². The number of hydrogen-bond acceptors (Lipinski definition) is 1. The monoisotopic (exact) mass is 406 g/mol. The molecule has 0 bridgehead atoms. The Labute approximate surface area is 184 Å². The summed E-state index contributed by atoms with van der Waals surface area (Å²) in [5, 5.41) is 10.2. The maximum atomic E-state index is 10.2. The molecule has 1 nitrogen and oxygen atoms in total. The molecule has 1 heteroatoms. The topological polar surface area (TPSA) is 20.2 Å². The number of allylic oxidation sites excluding steroid dienone is 1. The van der Waals surface area contributed by atoms with Crippen LogP contribution < -0.4 is 0 Å². The number of fused-ring (bicyclic) bond motifs is 5. The van der Waals surface area contributed by atoms with E-state index in [0.717, 1.165) is 36.5 Å². The lowest BCUT2D eigenvalue weighted by molar-refractivity contribution is -0.0508. The molecule has 4 aliphatic carbocycles. The highest BCUT2D eigenvalue weighted by Crippen LogP contribution is 2.66. The zero-order valence-corrected chi connectivity index (χ0v) is 19.5.